The summed E-state index contributed by atoms with van der Waals surface area (Å²) in [5.74, 6) is 0. The fourth-order valence-corrected chi connectivity index (χ4v) is 3.98. The standard InChI is InChI=1S/C18H35FN2.2C2H6/c1-5-9-18(19,8-4)14-21-15-20(12-16(21)6-2)13-17(7-3)10-11-17;2*1-2/h16H,5-15H2,1-4H3;2*1-2H3. The van der Waals surface area contributed by atoms with Crippen molar-refractivity contribution in [2.75, 3.05) is 26.3 Å². The minimum atomic E-state index is -0.986. The van der Waals surface area contributed by atoms with Gasteiger partial charge in [-0.05, 0) is 43.9 Å². The fraction of sp³-hybridized carbons (Fsp3) is 1.00. The van der Waals surface area contributed by atoms with Gasteiger partial charge >= 0.3 is 0 Å². The van der Waals surface area contributed by atoms with Gasteiger partial charge in [0.15, 0.2) is 0 Å². The summed E-state index contributed by atoms with van der Waals surface area (Å²) in [4.78, 5) is 5.01. The fourth-order valence-electron chi connectivity index (χ4n) is 3.98. The Hall–Kier alpha value is -0.150. The average Bonchev–Trinajstić information content (AvgIpc) is 3.32. The molecule has 1 heterocycles. The van der Waals surface area contributed by atoms with Crippen molar-refractivity contribution >= 4 is 0 Å². The zero-order valence-corrected chi connectivity index (χ0v) is 18.6. The van der Waals surface area contributed by atoms with Crippen LogP contribution < -0.4 is 0 Å². The van der Waals surface area contributed by atoms with E-state index in [1.54, 1.807) is 0 Å². The van der Waals surface area contributed by atoms with Crippen LogP contribution >= 0.6 is 0 Å². The highest BCUT2D eigenvalue weighted by molar-refractivity contribution is 4.97. The van der Waals surface area contributed by atoms with E-state index in [-0.39, 0.29) is 0 Å². The summed E-state index contributed by atoms with van der Waals surface area (Å²) >= 11 is 0. The lowest BCUT2D eigenvalue weighted by atomic mass is 9.96. The van der Waals surface area contributed by atoms with Gasteiger partial charge in [0.1, 0.15) is 5.67 Å². The Bertz CT molecular complexity index is 330. The van der Waals surface area contributed by atoms with Gasteiger partial charge in [-0.2, -0.15) is 0 Å². The van der Waals surface area contributed by atoms with Gasteiger partial charge in [0.25, 0.3) is 0 Å². The van der Waals surface area contributed by atoms with Crippen molar-refractivity contribution in [2.24, 2.45) is 5.41 Å². The zero-order valence-electron chi connectivity index (χ0n) is 18.6. The average molecular weight is 359 g/mol. The summed E-state index contributed by atoms with van der Waals surface area (Å²) < 4.78 is 15.0. The van der Waals surface area contributed by atoms with Crippen LogP contribution in [0.2, 0.25) is 0 Å². The lowest BCUT2D eigenvalue weighted by Gasteiger charge is -2.32. The Morgan fingerprint density at radius 2 is 1.64 bits per heavy atom. The summed E-state index contributed by atoms with van der Waals surface area (Å²) in [6.45, 7) is 20.7. The normalized spacial score (nSPS) is 24.6. The van der Waals surface area contributed by atoms with Crippen LogP contribution in [-0.2, 0) is 0 Å². The molecule has 1 aliphatic heterocycles. The molecule has 0 aromatic rings. The van der Waals surface area contributed by atoms with Crippen LogP contribution in [0.5, 0.6) is 0 Å². The molecule has 1 saturated carbocycles. The summed E-state index contributed by atoms with van der Waals surface area (Å²) in [5.41, 5.74) is -0.379. The molecule has 2 fully saturated rings. The molecular formula is C22H47FN2. The molecule has 1 saturated heterocycles. The molecule has 0 amide bonds. The molecular weight excluding hydrogens is 311 g/mol. The van der Waals surface area contributed by atoms with Crippen LogP contribution in [0.25, 0.3) is 0 Å². The smallest absolute Gasteiger partial charge is 0.123 e. The Morgan fingerprint density at radius 1 is 1.04 bits per heavy atom. The Labute approximate surface area is 158 Å². The summed E-state index contributed by atoms with van der Waals surface area (Å²) in [5, 5.41) is 0. The Morgan fingerprint density at radius 3 is 2.04 bits per heavy atom. The van der Waals surface area contributed by atoms with Gasteiger partial charge in [-0.3, -0.25) is 9.80 Å². The number of hydrogen-bond acceptors (Lipinski definition) is 2. The van der Waals surface area contributed by atoms with Gasteiger partial charge in [0.05, 0.1) is 6.67 Å². The largest absolute Gasteiger partial charge is 0.288 e. The predicted molar refractivity (Wildman–Crippen MR) is 111 cm³/mol. The molecule has 2 unspecified atom stereocenters. The van der Waals surface area contributed by atoms with Crippen molar-refractivity contribution in [1.29, 1.82) is 0 Å². The molecule has 152 valence electrons. The van der Waals surface area contributed by atoms with Crippen molar-refractivity contribution in [3.8, 4) is 0 Å². The molecule has 2 aliphatic rings. The van der Waals surface area contributed by atoms with E-state index < -0.39 is 5.67 Å². The molecule has 0 spiro atoms. The topological polar surface area (TPSA) is 6.48 Å². The molecule has 3 heteroatoms. The van der Waals surface area contributed by atoms with Crippen LogP contribution in [-0.4, -0.2) is 47.8 Å². The number of hydrogen-bond donors (Lipinski definition) is 0. The molecule has 0 radical (unpaired) electrons. The van der Waals surface area contributed by atoms with Crippen LogP contribution in [0.3, 0.4) is 0 Å². The first-order chi connectivity index (χ1) is 12.0. The van der Waals surface area contributed by atoms with Crippen LogP contribution in [0, 0.1) is 5.41 Å². The van der Waals surface area contributed by atoms with E-state index in [1.165, 1.54) is 25.8 Å². The number of alkyl halides is 1. The lowest BCUT2D eigenvalue weighted by Crippen LogP contribution is -2.42. The molecule has 0 N–H and O–H groups in total. The maximum atomic E-state index is 15.0. The van der Waals surface area contributed by atoms with E-state index in [0.29, 0.717) is 30.8 Å². The summed E-state index contributed by atoms with van der Waals surface area (Å²) in [7, 11) is 0. The van der Waals surface area contributed by atoms with Crippen molar-refractivity contribution in [3.05, 3.63) is 0 Å². The molecule has 2 rings (SSSR count). The van der Waals surface area contributed by atoms with Crippen molar-refractivity contribution in [3.63, 3.8) is 0 Å². The third kappa shape index (κ3) is 7.54. The van der Waals surface area contributed by atoms with E-state index >= 15 is 0 Å². The van der Waals surface area contributed by atoms with Crippen molar-refractivity contribution < 1.29 is 4.39 Å². The minimum absolute atomic E-state index is 0.552. The van der Waals surface area contributed by atoms with Gasteiger partial charge in [-0.1, -0.05) is 61.8 Å². The van der Waals surface area contributed by atoms with Gasteiger partial charge < -0.3 is 0 Å². The minimum Gasteiger partial charge on any atom is -0.288 e. The Kier molecular flexibility index (Phi) is 12.2. The van der Waals surface area contributed by atoms with Crippen LogP contribution in [0.1, 0.15) is 100 Å². The molecule has 0 bridgehead atoms. The van der Waals surface area contributed by atoms with Gasteiger partial charge in [0.2, 0.25) is 0 Å². The van der Waals surface area contributed by atoms with Crippen molar-refractivity contribution in [2.45, 2.75) is 112 Å². The van der Waals surface area contributed by atoms with Crippen molar-refractivity contribution in [1.82, 2.24) is 9.80 Å². The van der Waals surface area contributed by atoms with Gasteiger partial charge in [0, 0.05) is 25.7 Å². The second-order valence-corrected chi connectivity index (χ2v) is 7.57. The van der Waals surface area contributed by atoms with E-state index in [0.717, 1.165) is 26.1 Å². The highest BCUT2D eigenvalue weighted by atomic mass is 19.1. The van der Waals surface area contributed by atoms with Gasteiger partial charge in [-0.25, -0.2) is 4.39 Å². The monoisotopic (exact) mass is 358 g/mol. The molecule has 0 aromatic heterocycles. The van der Waals surface area contributed by atoms with E-state index in [9.17, 15) is 4.39 Å². The molecule has 2 atom stereocenters. The first kappa shape index (κ1) is 24.8. The first-order valence-corrected chi connectivity index (χ1v) is 11.1. The Balaban J connectivity index is 0.00000134. The molecule has 0 aromatic carbocycles. The second kappa shape index (κ2) is 12.3. The summed E-state index contributed by atoms with van der Waals surface area (Å²) in [6.07, 6.45) is 7.53. The number of rotatable bonds is 9. The van der Waals surface area contributed by atoms with E-state index in [4.69, 9.17) is 0 Å². The number of nitrogens with zero attached hydrogens (tertiary/aromatic N) is 2. The highest BCUT2D eigenvalue weighted by Crippen LogP contribution is 2.49. The predicted octanol–water partition coefficient (Wildman–Crippen LogP) is 6.50. The van der Waals surface area contributed by atoms with E-state index in [2.05, 4.69) is 30.6 Å². The quantitative estimate of drug-likeness (QED) is 0.464. The molecule has 1 aliphatic carbocycles. The molecule has 2 nitrogen and oxygen atoms in total. The maximum Gasteiger partial charge on any atom is 0.123 e. The SMILES string of the molecule is CC.CC.CCCC(F)(CC)CN1CN(CC2(CC)CC2)CC1CC. The third-order valence-corrected chi connectivity index (χ3v) is 5.92. The van der Waals surface area contributed by atoms with Crippen LogP contribution in [0.15, 0.2) is 0 Å². The first-order valence-electron chi connectivity index (χ1n) is 11.1. The maximum absolute atomic E-state index is 15.0. The van der Waals surface area contributed by atoms with Crippen LogP contribution in [0.4, 0.5) is 4.39 Å². The van der Waals surface area contributed by atoms with E-state index in [1.807, 2.05) is 34.6 Å². The van der Waals surface area contributed by atoms with Gasteiger partial charge in [-0.15, -0.1) is 0 Å². The highest BCUT2D eigenvalue weighted by Gasteiger charge is 2.44. The summed E-state index contributed by atoms with van der Waals surface area (Å²) in [6, 6.07) is 0.552. The zero-order chi connectivity index (χ0) is 19.5. The second-order valence-electron chi connectivity index (χ2n) is 7.57. The molecule has 25 heavy (non-hydrogen) atoms. The number of halogens is 1. The lowest BCUT2D eigenvalue weighted by molar-refractivity contribution is 0.0644. The third-order valence-electron chi connectivity index (χ3n) is 5.92.